The minimum absolute atomic E-state index is 0.00969. The van der Waals surface area contributed by atoms with E-state index >= 15 is 0 Å². The number of benzene rings is 1. The van der Waals surface area contributed by atoms with Crippen molar-refractivity contribution >= 4 is 45.8 Å². The number of hydrogen-bond acceptors (Lipinski definition) is 4. The lowest BCUT2D eigenvalue weighted by Gasteiger charge is -2.15. The van der Waals surface area contributed by atoms with Gasteiger partial charge in [-0.25, -0.2) is 0 Å². The SMILES string of the molecule is Cc1cccc(NC(=O)CCN2C(=O)C(C)SC2=S)c1C. The maximum Gasteiger partial charge on any atom is 0.241 e. The monoisotopic (exact) mass is 322 g/mol. The van der Waals surface area contributed by atoms with Gasteiger partial charge in [-0.05, 0) is 38.0 Å². The molecule has 2 amide bonds. The Morgan fingerprint density at radius 2 is 2.14 bits per heavy atom. The first-order valence-corrected chi connectivity index (χ1v) is 8.07. The number of hydrogen-bond donors (Lipinski definition) is 1. The summed E-state index contributed by atoms with van der Waals surface area (Å²) in [5.41, 5.74) is 3.01. The summed E-state index contributed by atoms with van der Waals surface area (Å²) in [6.07, 6.45) is 0.243. The highest BCUT2D eigenvalue weighted by Crippen LogP contribution is 2.26. The molecule has 6 heteroatoms. The van der Waals surface area contributed by atoms with Crippen LogP contribution in [0.5, 0.6) is 0 Å². The summed E-state index contributed by atoms with van der Waals surface area (Å²) in [5, 5.41) is 2.75. The van der Waals surface area contributed by atoms with Crippen LogP contribution in [0.1, 0.15) is 24.5 Å². The van der Waals surface area contributed by atoms with Crippen molar-refractivity contribution in [3.63, 3.8) is 0 Å². The Morgan fingerprint density at radius 3 is 2.76 bits per heavy atom. The molecule has 1 aromatic carbocycles. The number of thiocarbonyl (C=S) groups is 1. The zero-order valence-corrected chi connectivity index (χ0v) is 13.9. The molecule has 1 aromatic rings. The molecule has 1 unspecified atom stereocenters. The Balaban J connectivity index is 1.92. The van der Waals surface area contributed by atoms with Gasteiger partial charge >= 0.3 is 0 Å². The highest BCUT2D eigenvalue weighted by Gasteiger charge is 2.33. The van der Waals surface area contributed by atoms with Gasteiger partial charge in [0.1, 0.15) is 4.32 Å². The number of thioether (sulfide) groups is 1. The molecule has 1 aliphatic rings. The molecule has 1 fully saturated rings. The van der Waals surface area contributed by atoms with E-state index in [1.807, 2.05) is 39.0 Å². The molecule has 112 valence electrons. The first kappa shape index (κ1) is 16.0. The van der Waals surface area contributed by atoms with Gasteiger partial charge in [0.2, 0.25) is 11.8 Å². The van der Waals surface area contributed by atoms with Crippen molar-refractivity contribution in [2.45, 2.75) is 32.4 Å². The van der Waals surface area contributed by atoms with E-state index in [9.17, 15) is 9.59 Å². The Labute approximate surface area is 134 Å². The standard InChI is InChI=1S/C15H18N2O2S2/c1-9-5-4-6-12(10(9)2)16-13(18)7-8-17-14(19)11(3)21-15(17)20/h4-6,11H,7-8H2,1-3H3,(H,16,18). The van der Waals surface area contributed by atoms with E-state index in [0.717, 1.165) is 16.8 Å². The first-order valence-electron chi connectivity index (χ1n) is 6.78. The van der Waals surface area contributed by atoms with E-state index in [4.69, 9.17) is 12.2 Å². The van der Waals surface area contributed by atoms with Crippen LogP contribution >= 0.6 is 24.0 Å². The van der Waals surface area contributed by atoms with Crippen molar-refractivity contribution in [3.8, 4) is 0 Å². The Kier molecular flexibility index (Phi) is 5.00. The lowest BCUT2D eigenvalue weighted by molar-refractivity contribution is -0.126. The minimum atomic E-state index is -0.139. The van der Waals surface area contributed by atoms with Gasteiger partial charge in [0.15, 0.2) is 0 Å². The number of nitrogens with zero attached hydrogens (tertiary/aromatic N) is 1. The highest BCUT2D eigenvalue weighted by atomic mass is 32.2. The lowest BCUT2D eigenvalue weighted by Crippen LogP contribution is -2.33. The summed E-state index contributed by atoms with van der Waals surface area (Å²) in [6, 6.07) is 5.80. The number of aryl methyl sites for hydroxylation is 1. The van der Waals surface area contributed by atoms with Crippen LogP contribution in [0.3, 0.4) is 0 Å². The van der Waals surface area contributed by atoms with Crippen molar-refractivity contribution in [2.24, 2.45) is 0 Å². The van der Waals surface area contributed by atoms with Gasteiger partial charge < -0.3 is 5.32 Å². The number of carbonyl (C=O) groups is 2. The molecule has 0 bridgehead atoms. The fourth-order valence-electron chi connectivity index (χ4n) is 2.09. The average Bonchev–Trinajstić information content (AvgIpc) is 2.67. The van der Waals surface area contributed by atoms with E-state index in [1.54, 1.807) is 0 Å². The molecule has 1 heterocycles. The van der Waals surface area contributed by atoms with Crippen LogP contribution in [0.25, 0.3) is 0 Å². The smallest absolute Gasteiger partial charge is 0.241 e. The zero-order chi connectivity index (χ0) is 15.6. The van der Waals surface area contributed by atoms with Crippen LogP contribution in [0, 0.1) is 13.8 Å². The maximum atomic E-state index is 12.0. The lowest BCUT2D eigenvalue weighted by atomic mass is 10.1. The minimum Gasteiger partial charge on any atom is -0.326 e. The molecule has 1 aliphatic heterocycles. The third kappa shape index (κ3) is 3.63. The third-order valence-electron chi connectivity index (χ3n) is 3.55. The van der Waals surface area contributed by atoms with Gasteiger partial charge in [-0.15, -0.1) is 0 Å². The molecule has 1 atom stereocenters. The van der Waals surface area contributed by atoms with E-state index in [1.165, 1.54) is 16.7 Å². The topological polar surface area (TPSA) is 49.4 Å². The third-order valence-corrected chi connectivity index (χ3v) is 5.04. The number of carbonyl (C=O) groups excluding carboxylic acids is 2. The molecule has 4 nitrogen and oxygen atoms in total. The molecule has 1 N–H and O–H groups in total. The summed E-state index contributed by atoms with van der Waals surface area (Å²) < 4.78 is 0.562. The van der Waals surface area contributed by atoms with Crippen LogP contribution in [-0.4, -0.2) is 32.8 Å². The van der Waals surface area contributed by atoms with Gasteiger partial charge in [0.25, 0.3) is 0 Å². The van der Waals surface area contributed by atoms with Gasteiger partial charge in [-0.2, -0.15) is 0 Å². The molecule has 0 aliphatic carbocycles. The number of rotatable bonds is 4. The summed E-state index contributed by atoms with van der Waals surface area (Å²) in [6.45, 7) is 6.15. The fraction of sp³-hybridized carbons (Fsp3) is 0.400. The first-order chi connectivity index (χ1) is 9.90. The molecule has 21 heavy (non-hydrogen) atoms. The van der Waals surface area contributed by atoms with Gasteiger partial charge in [0.05, 0.1) is 5.25 Å². The second kappa shape index (κ2) is 6.58. The quantitative estimate of drug-likeness (QED) is 0.866. The predicted octanol–water partition coefficient (Wildman–Crippen LogP) is 2.88. The summed E-state index contributed by atoms with van der Waals surface area (Å²) in [4.78, 5) is 25.4. The summed E-state index contributed by atoms with van der Waals surface area (Å²) in [5.74, 6) is -0.117. The van der Waals surface area contributed by atoms with E-state index < -0.39 is 0 Å². The van der Waals surface area contributed by atoms with Crippen molar-refractivity contribution in [1.82, 2.24) is 4.90 Å². The second-order valence-electron chi connectivity index (χ2n) is 5.06. The van der Waals surface area contributed by atoms with Gasteiger partial charge in [0, 0.05) is 18.7 Å². The number of anilines is 1. The van der Waals surface area contributed by atoms with Crippen molar-refractivity contribution in [3.05, 3.63) is 29.3 Å². The van der Waals surface area contributed by atoms with Crippen LogP contribution in [0.2, 0.25) is 0 Å². The van der Waals surface area contributed by atoms with Crippen LogP contribution < -0.4 is 5.32 Å². The summed E-state index contributed by atoms with van der Waals surface area (Å²) >= 11 is 6.52. The van der Waals surface area contributed by atoms with Crippen LogP contribution in [0.15, 0.2) is 18.2 Å². The average molecular weight is 322 g/mol. The normalized spacial score (nSPS) is 18.2. The molecule has 1 saturated heterocycles. The van der Waals surface area contributed by atoms with Crippen molar-refractivity contribution in [1.29, 1.82) is 0 Å². The van der Waals surface area contributed by atoms with E-state index in [-0.39, 0.29) is 23.5 Å². The molecular weight excluding hydrogens is 304 g/mol. The predicted molar refractivity (Wildman–Crippen MR) is 90.5 cm³/mol. The Morgan fingerprint density at radius 1 is 1.43 bits per heavy atom. The highest BCUT2D eigenvalue weighted by molar-refractivity contribution is 8.24. The Hall–Kier alpha value is -1.40. The molecule has 2 rings (SSSR count). The largest absolute Gasteiger partial charge is 0.326 e. The molecule has 0 spiro atoms. The number of amides is 2. The molecule has 0 radical (unpaired) electrons. The second-order valence-corrected chi connectivity index (χ2v) is 7.04. The van der Waals surface area contributed by atoms with Crippen molar-refractivity contribution in [2.75, 3.05) is 11.9 Å². The van der Waals surface area contributed by atoms with Gasteiger partial charge in [-0.1, -0.05) is 36.1 Å². The molecular formula is C15H18N2O2S2. The molecule has 0 saturated carbocycles. The Bertz CT molecular complexity index is 601. The zero-order valence-electron chi connectivity index (χ0n) is 12.3. The van der Waals surface area contributed by atoms with Crippen LogP contribution in [0.4, 0.5) is 5.69 Å². The number of nitrogens with one attached hydrogen (secondary N) is 1. The van der Waals surface area contributed by atoms with Crippen LogP contribution in [-0.2, 0) is 9.59 Å². The molecule has 0 aromatic heterocycles. The van der Waals surface area contributed by atoms with Gasteiger partial charge in [-0.3, -0.25) is 14.5 Å². The van der Waals surface area contributed by atoms with E-state index in [0.29, 0.717) is 10.9 Å². The van der Waals surface area contributed by atoms with Crippen molar-refractivity contribution < 1.29 is 9.59 Å². The summed E-state index contributed by atoms with van der Waals surface area (Å²) in [7, 11) is 0. The maximum absolute atomic E-state index is 12.0. The fourth-order valence-corrected chi connectivity index (χ4v) is 3.54. The van der Waals surface area contributed by atoms with E-state index in [2.05, 4.69) is 5.32 Å².